The van der Waals surface area contributed by atoms with E-state index in [1.165, 1.54) is 0 Å². The summed E-state index contributed by atoms with van der Waals surface area (Å²) in [4.78, 5) is 8.96. The first-order chi connectivity index (χ1) is 12.3. The van der Waals surface area contributed by atoms with Crippen molar-refractivity contribution in [1.82, 2.24) is 30.4 Å². The Bertz CT molecular complexity index is 730. The maximum Gasteiger partial charge on any atom is 0.213 e. The number of rotatable bonds is 7. The number of hydrogen-bond donors (Lipinski definition) is 2. The molecule has 2 N–H and O–H groups in total. The summed E-state index contributed by atoms with van der Waals surface area (Å²) < 4.78 is 7.77. The summed E-state index contributed by atoms with van der Waals surface area (Å²) >= 11 is 0. The Morgan fingerprint density at radius 2 is 2.00 bits per heavy atom. The predicted molar refractivity (Wildman–Crippen MR) is 117 cm³/mol. The van der Waals surface area contributed by atoms with Crippen molar-refractivity contribution in [3.05, 3.63) is 29.5 Å². The van der Waals surface area contributed by atoms with Crippen LogP contribution < -0.4 is 10.6 Å². The molecule has 0 aromatic carbocycles. The Kier molecular flexibility index (Phi) is 9.20. The molecule has 0 aliphatic heterocycles. The van der Waals surface area contributed by atoms with Gasteiger partial charge in [0.25, 0.3) is 0 Å². The minimum absolute atomic E-state index is 0. The Morgan fingerprint density at radius 3 is 2.56 bits per heavy atom. The van der Waals surface area contributed by atoms with Crippen molar-refractivity contribution in [3.8, 4) is 0 Å². The van der Waals surface area contributed by atoms with Gasteiger partial charge in [0.1, 0.15) is 18.1 Å². The number of unbranched alkanes of at least 4 members (excludes halogenated alkanes) is 1. The van der Waals surface area contributed by atoms with Crippen LogP contribution in [0, 0.1) is 6.92 Å². The van der Waals surface area contributed by atoms with Gasteiger partial charge in [0.05, 0.1) is 12.7 Å². The summed E-state index contributed by atoms with van der Waals surface area (Å²) in [6, 6.07) is 0. The third-order valence-corrected chi connectivity index (χ3v) is 4.08. The fourth-order valence-electron chi connectivity index (χ4n) is 2.19. The molecule has 0 atom stereocenters. The second kappa shape index (κ2) is 10.6. The summed E-state index contributed by atoms with van der Waals surface area (Å²) in [6.07, 6.45) is 4.00. The first kappa shape index (κ1) is 23.4. The highest BCUT2D eigenvalue weighted by molar-refractivity contribution is 14.0. The fourth-order valence-corrected chi connectivity index (χ4v) is 2.19. The average Bonchev–Trinajstić information content (AvgIpc) is 3.18. The van der Waals surface area contributed by atoms with Crippen LogP contribution in [0.3, 0.4) is 0 Å². The fraction of sp³-hybridized carbons (Fsp3) is 0.667. The predicted octanol–water partition coefficient (Wildman–Crippen LogP) is 3.06. The Hall–Kier alpha value is -1.65. The van der Waals surface area contributed by atoms with E-state index in [0.29, 0.717) is 19.0 Å². The van der Waals surface area contributed by atoms with Crippen LogP contribution in [0.4, 0.5) is 0 Å². The van der Waals surface area contributed by atoms with Gasteiger partial charge < -0.3 is 19.6 Å². The first-order valence-electron chi connectivity index (χ1n) is 9.13. The lowest BCUT2D eigenvalue weighted by molar-refractivity contribution is 0.379. The van der Waals surface area contributed by atoms with E-state index in [1.54, 1.807) is 6.20 Å². The van der Waals surface area contributed by atoms with Crippen molar-refractivity contribution < 1.29 is 4.42 Å². The molecule has 0 spiro atoms. The van der Waals surface area contributed by atoms with Crippen molar-refractivity contribution >= 4 is 29.9 Å². The molecule has 0 saturated heterocycles. The van der Waals surface area contributed by atoms with Crippen molar-refractivity contribution in [1.29, 1.82) is 0 Å². The van der Waals surface area contributed by atoms with Crippen LogP contribution in [0.5, 0.6) is 0 Å². The van der Waals surface area contributed by atoms with E-state index in [2.05, 4.69) is 58.5 Å². The van der Waals surface area contributed by atoms with E-state index in [0.717, 1.165) is 42.8 Å². The van der Waals surface area contributed by atoms with Gasteiger partial charge in [-0.15, -0.1) is 34.2 Å². The van der Waals surface area contributed by atoms with E-state index in [4.69, 9.17) is 4.42 Å². The molecule has 152 valence electrons. The van der Waals surface area contributed by atoms with Gasteiger partial charge in [0, 0.05) is 19.0 Å². The maximum atomic E-state index is 5.83. The normalized spacial score (nSPS) is 12.0. The summed E-state index contributed by atoms with van der Waals surface area (Å²) in [5.41, 5.74) is -0.0510. The van der Waals surface area contributed by atoms with Gasteiger partial charge in [0.2, 0.25) is 5.89 Å². The minimum Gasteiger partial charge on any atom is -0.443 e. The number of halogens is 1. The highest BCUT2D eigenvalue weighted by atomic mass is 127. The lowest BCUT2D eigenvalue weighted by atomic mass is 9.94. The number of nitrogens with zero attached hydrogens (tertiary/aromatic N) is 5. The van der Waals surface area contributed by atoms with Crippen LogP contribution in [0.25, 0.3) is 0 Å². The van der Waals surface area contributed by atoms with Gasteiger partial charge in [0.15, 0.2) is 11.8 Å². The summed E-state index contributed by atoms with van der Waals surface area (Å²) in [6.45, 7) is 12.2. The number of aryl methyl sites for hydroxylation is 1. The molecule has 0 aliphatic carbocycles. The van der Waals surface area contributed by atoms with Crippen LogP contribution in [0.15, 0.2) is 15.6 Å². The molecule has 2 heterocycles. The van der Waals surface area contributed by atoms with E-state index in [9.17, 15) is 0 Å². The second-order valence-electron chi connectivity index (χ2n) is 7.39. The molecule has 0 bridgehead atoms. The molecule has 0 unspecified atom stereocenters. The number of aliphatic imine (C=N–C) groups is 1. The Balaban J connectivity index is 0.00000364. The molecule has 2 rings (SSSR count). The zero-order valence-electron chi connectivity index (χ0n) is 17.2. The van der Waals surface area contributed by atoms with Gasteiger partial charge in [-0.1, -0.05) is 34.1 Å². The van der Waals surface area contributed by atoms with Crippen molar-refractivity contribution in [3.63, 3.8) is 0 Å². The topological polar surface area (TPSA) is 93.2 Å². The largest absolute Gasteiger partial charge is 0.443 e. The standard InChI is InChI=1S/C18H31N7O.HI/c1-7-8-9-19-17(21-11-15-24-23-13(2)25(15)6)22-12-16-20-10-14(26-16)18(3,4)5;/h10H,7-9,11-12H2,1-6H3,(H2,19,21,22);1H. The van der Waals surface area contributed by atoms with Crippen LogP contribution in [0.2, 0.25) is 0 Å². The first-order valence-corrected chi connectivity index (χ1v) is 9.13. The highest BCUT2D eigenvalue weighted by Gasteiger charge is 2.19. The lowest BCUT2D eigenvalue weighted by Gasteiger charge is -2.13. The molecule has 2 aromatic rings. The van der Waals surface area contributed by atoms with Crippen molar-refractivity contribution in [2.24, 2.45) is 12.0 Å². The maximum absolute atomic E-state index is 5.83. The molecule has 0 radical (unpaired) electrons. The Morgan fingerprint density at radius 1 is 1.26 bits per heavy atom. The number of nitrogens with one attached hydrogen (secondary N) is 2. The second-order valence-corrected chi connectivity index (χ2v) is 7.39. The number of oxazole rings is 1. The Labute approximate surface area is 178 Å². The molecule has 0 saturated carbocycles. The van der Waals surface area contributed by atoms with Crippen molar-refractivity contribution in [2.75, 3.05) is 6.54 Å². The summed E-state index contributed by atoms with van der Waals surface area (Å²) in [7, 11) is 1.94. The molecule has 8 nitrogen and oxygen atoms in total. The average molecular weight is 489 g/mol. The SMILES string of the molecule is CCCCNC(=NCc1nnc(C)n1C)NCc1ncc(C(C)(C)C)o1.I. The van der Waals surface area contributed by atoms with E-state index in [1.807, 2.05) is 18.5 Å². The van der Waals surface area contributed by atoms with Gasteiger partial charge in [-0.3, -0.25) is 0 Å². The molecule has 0 aliphatic rings. The zero-order valence-corrected chi connectivity index (χ0v) is 19.5. The quantitative estimate of drug-likeness (QED) is 0.269. The number of hydrogen-bond acceptors (Lipinski definition) is 5. The third kappa shape index (κ3) is 7.11. The third-order valence-electron chi connectivity index (χ3n) is 4.08. The highest BCUT2D eigenvalue weighted by Crippen LogP contribution is 2.22. The zero-order chi connectivity index (χ0) is 19.2. The summed E-state index contributed by atoms with van der Waals surface area (Å²) in [5.74, 6) is 3.94. The molecule has 27 heavy (non-hydrogen) atoms. The smallest absolute Gasteiger partial charge is 0.213 e. The monoisotopic (exact) mass is 489 g/mol. The van der Waals surface area contributed by atoms with Crippen LogP contribution in [0.1, 0.15) is 63.8 Å². The van der Waals surface area contributed by atoms with E-state index in [-0.39, 0.29) is 29.4 Å². The molecular formula is C18H32IN7O. The molecule has 0 amide bonds. The molecule has 9 heteroatoms. The van der Waals surface area contributed by atoms with Gasteiger partial charge in [-0.25, -0.2) is 9.98 Å². The molecular weight excluding hydrogens is 457 g/mol. The number of aromatic nitrogens is 4. The summed E-state index contributed by atoms with van der Waals surface area (Å²) in [5, 5.41) is 14.8. The lowest BCUT2D eigenvalue weighted by Crippen LogP contribution is -2.37. The van der Waals surface area contributed by atoms with E-state index < -0.39 is 0 Å². The van der Waals surface area contributed by atoms with E-state index >= 15 is 0 Å². The molecule has 2 aromatic heterocycles. The van der Waals surface area contributed by atoms with Crippen LogP contribution >= 0.6 is 24.0 Å². The van der Waals surface area contributed by atoms with Crippen LogP contribution in [-0.2, 0) is 25.6 Å². The molecule has 0 fully saturated rings. The van der Waals surface area contributed by atoms with Gasteiger partial charge in [-0.2, -0.15) is 0 Å². The number of guanidine groups is 1. The van der Waals surface area contributed by atoms with Gasteiger partial charge in [-0.05, 0) is 13.3 Å². The van der Waals surface area contributed by atoms with Gasteiger partial charge >= 0.3 is 0 Å². The van der Waals surface area contributed by atoms with Crippen LogP contribution in [-0.4, -0.2) is 32.3 Å². The van der Waals surface area contributed by atoms with Crippen molar-refractivity contribution in [2.45, 2.75) is 66.0 Å². The minimum atomic E-state index is -0.0510.